The molecule has 0 amide bonds. The van der Waals surface area contributed by atoms with Gasteiger partial charge in [-0.2, -0.15) is 0 Å². The number of aliphatic hydroxyl groups excluding tert-OH is 1. The minimum atomic E-state index is -0.799. The van der Waals surface area contributed by atoms with Gasteiger partial charge in [0.1, 0.15) is 0 Å². The Kier molecular flexibility index (Phi) is 10.0. The van der Waals surface area contributed by atoms with Gasteiger partial charge in [-0.25, -0.2) is 8.78 Å². The highest BCUT2D eigenvalue weighted by molar-refractivity contribution is 14.0. The monoisotopic (exact) mass is 522 g/mol. The van der Waals surface area contributed by atoms with E-state index in [4.69, 9.17) is 0 Å². The number of aliphatic imine (C=N–C) groups is 1. The van der Waals surface area contributed by atoms with E-state index in [0.717, 1.165) is 63.3 Å². The molecule has 0 bridgehead atoms. The fourth-order valence-corrected chi connectivity index (χ4v) is 4.08. The van der Waals surface area contributed by atoms with Crippen molar-refractivity contribution in [1.29, 1.82) is 0 Å². The fraction of sp³-hybridized carbons (Fsp3) is 0.667. The topological polar surface area (TPSA) is 59.9 Å². The van der Waals surface area contributed by atoms with E-state index in [-0.39, 0.29) is 36.0 Å². The molecule has 1 aliphatic heterocycles. The van der Waals surface area contributed by atoms with E-state index >= 15 is 0 Å². The van der Waals surface area contributed by atoms with Gasteiger partial charge in [0.15, 0.2) is 17.6 Å². The Morgan fingerprint density at radius 2 is 1.93 bits per heavy atom. The molecule has 2 unspecified atom stereocenters. The van der Waals surface area contributed by atoms with Crippen LogP contribution in [0.5, 0.6) is 0 Å². The van der Waals surface area contributed by atoms with Crippen molar-refractivity contribution in [2.75, 3.05) is 26.2 Å². The van der Waals surface area contributed by atoms with E-state index in [9.17, 15) is 13.9 Å². The first kappa shape index (κ1) is 24.3. The van der Waals surface area contributed by atoms with Crippen LogP contribution >= 0.6 is 24.0 Å². The maximum absolute atomic E-state index is 13.4. The molecule has 0 aromatic heterocycles. The molecule has 0 spiro atoms. The van der Waals surface area contributed by atoms with Gasteiger partial charge in [-0.15, -0.1) is 24.0 Å². The van der Waals surface area contributed by atoms with Crippen LogP contribution in [-0.2, 0) is 6.54 Å². The maximum Gasteiger partial charge on any atom is 0.191 e. The number of piperidine rings is 1. The summed E-state index contributed by atoms with van der Waals surface area (Å²) in [7, 11) is 0. The summed E-state index contributed by atoms with van der Waals surface area (Å²) in [5, 5.41) is 16.8. The summed E-state index contributed by atoms with van der Waals surface area (Å²) in [6.07, 6.45) is 4.75. The molecular formula is C21H33F2IN4O. The van der Waals surface area contributed by atoms with Crippen LogP contribution < -0.4 is 10.6 Å². The molecule has 3 N–H and O–H groups in total. The van der Waals surface area contributed by atoms with E-state index in [0.29, 0.717) is 19.1 Å². The number of hydrogen-bond donors (Lipinski definition) is 3. The van der Waals surface area contributed by atoms with Gasteiger partial charge < -0.3 is 15.7 Å². The van der Waals surface area contributed by atoms with Crippen molar-refractivity contribution in [2.45, 2.75) is 57.7 Å². The number of rotatable bonds is 6. The van der Waals surface area contributed by atoms with Crippen LogP contribution in [0.15, 0.2) is 23.2 Å². The van der Waals surface area contributed by atoms with Crippen molar-refractivity contribution < 1.29 is 13.9 Å². The summed E-state index contributed by atoms with van der Waals surface area (Å²) in [6, 6.07) is 4.47. The number of hydrogen-bond acceptors (Lipinski definition) is 3. The molecule has 1 aromatic rings. The Labute approximate surface area is 189 Å². The summed E-state index contributed by atoms with van der Waals surface area (Å²) in [4.78, 5) is 6.96. The lowest BCUT2D eigenvalue weighted by atomic mass is 10.0. The lowest BCUT2D eigenvalue weighted by Gasteiger charge is -2.33. The number of nitrogens with one attached hydrogen (secondary N) is 2. The minimum Gasteiger partial charge on any atom is -0.393 e. The first-order valence-electron chi connectivity index (χ1n) is 10.4. The first-order chi connectivity index (χ1) is 13.5. The van der Waals surface area contributed by atoms with Crippen molar-refractivity contribution in [3.8, 4) is 0 Å². The number of benzene rings is 1. The van der Waals surface area contributed by atoms with E-state index < -0.39 is 11.6 Å². The Balaban J connectivity index is 0.00000300. The van der Waals surface area contributed by atoms with Crippen molar-refractivity contribution in [1.82, 2.24) is 15.5 Å². The van der Waals surface area contributed by atoms with E-state index in [2.05, 4.69) is 20.5 Å². The molecule has 2 atom stereocenters. The molecule has 3 rings (SSSR count). The zero-order valence-electron chi connectivity index (χ0n) is 17.0. The van der Waals surface area contributed by atoms with Crippen LogP contribution in [0.1, 0.15) is 44.6 Å². The van der Waals surface area contributed by atoms with Crippen LogP contribution in [-0.4, -0.2) is 54.3 Å². The van der Waals surface area contributed by atoms with Crippen LogP contribution in [0.2, 0.25) is 0 Å². The number of halogens is 3. The number of nitrogens with zero attached hydrogens (tertiary/aromatic N) is 2. The minimum absolute atomic E-state index is 0. The van der Waals surface area contributed by atoms with Crippen LogP contribution in [0.4, 0.5) is 8.78 Å². The zero-order valence-corrected chi connectivity index (χ0v) is 19.4. The lowest BCUT2D eigenvalue weighted by molar-refractivity contribution is 0.136. The Morgan fingerprint density at radius 3 is 2.55 bits per heavy atom. The highest BCUT2D eigenvalue weighted by Gasteiger charge is 2.25. The molecule has 1 heterocycles. The van der Waals surface area contributed by atoms with Crippen molar-refractivity contribution in [3.63, 3.8) is 0 Å². The van der Waals surface area contributed by atoms with Gasteiger partial charge in [0.25, 0.3) is 0 Å². The third-order valence-corrected chi connectivity index (χ3v) is 5.77. The summed E-state index contributed by atoms with van der Waals surface area (Å²) < 4.78 is 26.4. The van der Waals surface area contributed by atoms with Crippen LogP contribution in [0, 0.1) is 17.6 Å². The number of aliphatic hydroxyl groups is 1. The third kappa shape index (κ3) is 7.32. The average Bonchev–Trinajstić information content (AvgIpc) is 3.09. The molecule has 5 nitrogen and oxygen atoms in total. The number of likely N-dealkylation sites (tertiary alicyclic amines) is 1. The molecule has 0 radical (unpaired) electrons. The predicted molar refractivity (Wildman–Crippen MR) is 123 cm³/mol. The highest BCUT2D eigenvalue weighted by atomic mass is 127. The summed E-state index contributed by atoms with van der Waals surface area (Å²) in [5.74, 6) is -0.492. The molecule has 1 saturated carbocycles. The van der Waals surface area contributed by atoms with Gasteiger partial charge >= 0.3 is 0 Å². The Hall–Kier alpha value is -1.00. The molecule has 2 fully saturated rings. The maximum atomic E-state index is 13.4. The van der Waals surface area contributed by atoms with Crippen molar-refractivity contribution in [3.05, 3.63) is 35.4 Å². The third-order valence-electron chi connectivity index (χ3n) is 5.77. The molecule has 164 valence electrons. The molecule has 8 heteroatoms. The Bertz CT molecular complexity index is 668. The molecule has 1 aliphatic carbocycles. The van der Waals surface area contributed by atoms with E-state index in [1.165, 1.54) is 12.1 Å². The summed E-state index contributed by atoms with van der Waals surface area (Å²) in [5.41, 5.74) is 0.801. The van der Waals surface area contributed by atoms with E-state index in [1.54, 1.807) is 6.07 Å². The standard InChI is InChI=1S/C21H32F2N4O.HI/c1-2-24-21(25-13-16-4-3-5-20(16)28)26-17-8-10-27(11-9-17)14-15-6-7-18(22)19(23)12-15;/h6-7,12,16-17,20,28H,2-5,8-11,13-14H2,1H3,(H2,24,25,26);1H. The van der Waals surface area contributed by atoms with Crippen molar-refractivity contribution >= 4 is 29.9 Å². The zero-order chi connectivity index (χ0) is 19.9. The predicted octanol–water partition coefficient (Wildman–Crippen LogP) is 3.26. The number of guanidine groups is 1. The summed E-state index contributed by atoms with van der Waals surface area (Å²) in [6.45, 7) is 5.94. The molecule has 2 aliphatic rings. The highest BCUT2D eigenvalue weighted by Crippen LogP contribution is 2.25. The average molecular weight is 522 g/mol. The first-order valence-corrected chi connectivity index (χ1v) is 10.4. The second-order valence-corrected chi connectivity index (χ2v) is 7.92. The second kappa shape index (κ2) is 12.0. The largest absolute Gasteiger partial charge is 0.393 e. The molecule has 29 heavy (non-hydrogen) atoms. The molecule has 1 aromatic carbocycles. The quantitative estimate of drug-likeness (QED) is 0.305. The fourth-order valence-electron chi connectivity index (χ4n) is 4.08. The smallest absolute Gasteiger partial charge is 0.191 e. The van der Waals surface area contributed by atoms with Gasteiger partial charge in [-0.1, -0.05) is 12.5 Å². The lowest BCUT2D eigenvalue weighted by Crippen LogP contribution is -2.48. The van der Waals surface area contributed by atoms with Gasteiger partial charge in [0.05, 0.1) is 6.10 Å². The van der Waals surface area contributed by atoms with Gasteiger partial charge in [-0.3, -0.25) is 9.89 Å². The second-order valence-electron chi connectivity index (χ2n) is 7.92. The van der Waals surface area contributed by atoms with Gasteiger partial charge in [-0.05, 0) is 50.3 Å². The summed E-state index contributed by atoms with van der Waals surface area (Å²) >= 11 is 0. The van der Waals surface area contributed by atoms with E-state index in [1.807, 2.05) is 6.92 Å². The van der Waals surface area contributed by atoms with Crippen LogP contribution in [0.25, 0.3) is 0 Å². The van der Waals surface area contributed by atoms with Gasteiger partial charge in [0.2, 0.25) is 0 Å². The molecule has 1 saturated heterocycles. The normalized spacial score (nSPS) is 23.7. The Morgan fingerprint density at radius 1 is 1.17 bits per heavy atom. The van der Waals surface area contributed by atoms with Crippen LogP contribution in [0.3, 0.4) is 0 Å². The van der Waals surface area contributed by atoms with Gasteiger partial charge in [0, 0.05) is 44.7 Å². The SMILES string of the molecule is CCNC(=NCC1CCCC1O)NC1CCN(Cc2ccc(F)c(F)c2)CC1.I. The van der Waals surface area contributed by atoms with Crippen molar-refractivity contribution in [2.24, 2.45) is 10.9 Å². The molecular weight excluding hydrogens is 489 g/mol.